The Kier molecular flexibility index (Phi) is 4.48. The molecular formula is C14H20ClN3O2. The number of rotatable bonds is 3. The van der Waals surface area contributed by atoms with Crippen LogP contribution in [0.15, 0.2) is 6.20 Å². The van der Waals surface area contributed by atoms with Crippen molar-refractivity contribution >= 4 is 23.4 Å². The molecule has 1 aromatic rings. The summed E-state index contributed by atoms with van der Waals surface area (Å²) in [5, 5.41) is 3.40. The fourth-order valence-electron chi connectivity index (χ4n) is 2.22. The summed E-state index contributed by atoms with van der Waals surface area (Å²) in [6, 6.07) is 0.335. The van der Waals surface area contributed by atoms with Crippen LogP contribution in [0.5, 0.6) is 0 Å². The summed E-state index contributed by atoms with van der Waals surface area (Å²) in [6.45, 7) is 5.48. The van der Waals surface area contributed by atoms with Crippen LogP contribution in [0.3, 0.4) is 0 Å². The number of halogens is 1. The predicted octanol–water partition coefficient (Wildman–Crippen LogP) is 3.44. The van der Waals surface area contributed by atoms with E-state index in [0.717, 1.165) is 12.8 Å². The van der Waals surface area contributed by atoms with Crippen molar-refractivity contribution in [2.75, 3.05) is 5.32 Å². The number of anilines is 1. The Hall–Kier alpha value is -1.36. The molecular weight excluding hydrogens is 278 g/mol. The Labute approximate surface area is 124 Å². The van der Waals surface area contributed by atoms with Crippen molar-refractivity contribution in [3.05, 3.63) is 17.0 Å². The highest BCUT2D eigenvalue weighted by Crippen LogP contribution is 2.25. The highest BCUT2D eigenvalue weighted by Gasteiger charge is 2.24. The lowest BCUT2D eigenvalue weighted by atomic mass is 10.2. The summed E-state index contributed by atoms with van der Waals surface area (Å²) >= 11 is 5.83. The number of hydrogen-bond donors (Lipinski definition) is 1. The summed E-state index contributed by atoms with van der Waals surface area (Å²) in [5.41, 5.74) is -0.224. The molecule has 1 aromatic heterocycles. The van der Waals surface area contributed by atoms with Crippen molar-refractivity contribution in [2.24, 2.45) is 0 Å². The zero-order valence-corrected chi connectivity index (χ0v) is 12.8. The van der Waals surface area contributed by atoms with E-state index in [2.05, 4.69) is 15.3 Å². The first-order chi connectivity index (χ1) is 9.35. The topological polar surface area (TPSA) is 64.1 Å². The summed E-state index contributed by atoms with van der Waals surface area (Å²) in [5.74, 6) is 0.0285. The number of carbonyl (C=O) groups excluding carboxylic acids is 1. The lowest BCUT2D eigenvalue weighted by Gasteiger charge is -2.21. The molecule has 0 unspecified atom stereocenters. The summed E-state index contributed by atoms with van der Waals surface area (Å²) in [6.07, 6.45) is 5.96. The maximum absolute atomic E-state index is 12.2. The van der Waals surface area contributed by atoms with Gasteiger partial charge in [0.1, 0.15) is 17.0 Å². The molecule has 1 saturated carbocycles. The predicted molar refractivity (Wildman–Crippen MR) is 78.1 cm³/mol. The van der Waals surface area contributed by atoms with E-state index in [-0.39, 0.29) is 5.28 Å². The quantitative estimate of drug-likeness (QED) is 0.684. The van der Waals surface area contributed by atoms with Gasteiger partial charge in [-0.2, -0.15) is 4.98 Å². The number of ether oxygens (including phenoxy) is 1. The van der Waals surface area contributed by atoms with Crippen molar-refractivity contribution in [3.63, 3.8) is 0 Å². The fourth-order valence-corrected chi connectivity index (χ4v) is 2.35. The fraction of sp³-hybridized carbons (Fsp3) is 0.643. The van der Waals surface area contributed by atoms with Gasteiger partial charge < -0.3 is 10.1 Å². The molecule has 0 amide bonds. The van der Waals surface area contributed by atoms with E-state index in [4.69, 9.17) is 16.3 Å². The van der Waals surface area contributed by atoms with Crippen molar-refractivity contribution < 1.29 is 9.53 Å². The molecule has 1 aliphatic carbocycles. The van der Waals surface area contributed by atoms with Crippen LogP contribution in [0, 0.1) is 0 Å². The van der Waals surface area contributed by atoms with Gasteiger partial charge in [0, 0.05) is 12.2 Å². The molecule has 1 aliphatic rings. The van der Waals surface area contributed by atoms with Crippen LogP contribution in [-0.2, 0) is 4.74 Å². The van der Waals surface area contributed by atoms with E-state index in [1.165, 1.54) is 19.0 Å². The Morgan fingerprint density at radius 3 is 2.65 bits per heavy atom. The van der Waals surface area contributed by atoms with Gasteiger partial charge in [-0.05, 0) is 45.2 Å². The molecule has 2 rings (SSSR count). The van der Waals surface area contributed by atoms with E-state index in [1.807, 2.05) is 20.8 Å². The van der Waals surface area contributed by atoms with E-state index < -0.39 is 11.6 Å². The molecule has 0 aliphatic heterocycles. The standard InChI is InChI=1S/C14H20ClN3O2/c1-14(2,3)20-12(19)10-8-16-13(15)18-11(10)17-9-6-4-5-7-9/h8-9H,4-7H2,1-3H3,(H,16,17,18). The number of nitrogens with one attached hydrogen (secondary N) is 1. The minimum absolute atomic E-state index is 0.123. The summed E-state index contributed by atoms with van der Waals surface area (Å²) in [7, 11) is 0. The Morgan fingerprint density at radius 1 is 1.40 bits per heavy atom. The molecule has 0 atom stereocenters. The number of hydrogen-bond acceptors (Lipinski definition) is 5. The molecule has 0 saturated heterocycles. The van der Waals surface area contributed by atoms with Crippen LogP contribution in [0.2, 0.25) is 5.28 Å². The van der Waals surface area contributed by atoms with Crippen LogP contribution in [0.25, 0.3) is 0 Å². The molecule has 5 nitrogen and oxygen atoms in total. The molecule has 1 heterocycles. The van der Waals surface area contributed by atoms with E-state index >= 15 is 0 Å². The zero-order valence-electron chi connectivity index (χ0n) is 12.1. The number of carbonyl (C=O) groups is 1. The Bertz CT molecular complexity index is 494. The van der Waals surface area contributed by atoms with Crippen molar-refractivity contribution in [1.29, 1.82) is 0 Å². The van der Waals surface area contributed by atoms with Gasteiger partial charge in [-0.25, -0.2) is 9.78 Å². The van der Waals surface area contributed by atoms with Crippen LogP contribution in [0.1, 0.15) is 56.8 Å². The second-order valence-electron chi connectivity index (χ2n) is 6.03. The Balaban J connectivity index is 2.20. The van der Waals surface area contributed by atoms with E-state index in [1.54, 1.807) is 0 Å². The minimum atomic E-state index is -0.554. The average molecular weight is 298 g/mol. The maximum atomic E-state index is 12.2. The van der Waals surface area contributed by atoms with Crippen molar-refractivity contribution in [2.45, 2.75) is 58.1 Å². The molecule has 0 aromatic carbocycles. The lowest BCUT2D eigenvalue weighted by molar-refractivity contribution is 0.00698. The number of nitrogens with zero attached hydrogens (tertiary/aromatic N) is 2. The van der Waals surface area contributed by atoms with E-state index in [0.29, 0.717) is 17.4 Å². The van der Waals surface area contributed by atoms with Gasteiger partial charge in [-0.15, -0.1) is 0 Å². The summed E-state index contributed by atoms with van der Waals surface area (Å²) < 4.78 is 5.37. The van der Waals surface area contributed by atoms with Gasteiger partial charge in [-0.3, -0.25) is 0 Å². The average Bonchev–Trinajstić information content (AvgIpc) is 2.79. The van der Waals surface area contributed by atoms with Crippen LogP contribution >= 0.6 is 11.6 Å². The number of aromatic nitrogens is 2. The highest BCUT2D eigenvalue weighted by atomic mass is 35.5. The van der Waals surface area contributed by atoms with Gasteiger partial charge in [0.2, 0.25) is 5.28 Å². The molecule has 110 valence electrons. The van der Waals surface area contributed by atoms with Crippen LogP contribution in [-0.4, -0.2) is 27.6 Å². The second kappa shape index (κ2) is 5.95. The molecule has 0 bridgehead atoms. The molecule has 0 radical (unpaired) electrons. The van der Waals surface area contributed by atoms with Crippen LogP contribution in [0.4, 0.5) is 5.82 Å². The van der Waals surface area contributed by atoms with Crippen LogP contribution < -0.4 is 5.32 Å². The highest BCUT2D eigenvalue weighted by molar-refractivity contribution is 6.28. The maximum Gasteiger partial charge on any atom is 0.344 e. The molecule has 1 N–H and O–H groups in total. The smallest absolute Gasteiger partial charge is 0.344 e. The normalized spacial score (nSPS) is 16.2. The lowest BCUT2D eigenvalue weighted by Crippen LogP contribution is -2.26. The molecule has 20 heavy (non-hydrogen) atoms. The largest absolute Gasteiger partial charge is 0.456 e. The minimum Gasteiger partial charge on any atom is -0.456 e. The third kappa shape index (κ3) is 4.07. The molecule has 0 spiro atoms. The van der Waals surface area contributed by atoms with Gasteiger partial charge in [0.15, 0.2) is 0 Å². The SMILES string of the molecule is CC(C)(C)OC(=O)c1cnc(Cl)nc1NC1CCCC1. The first-order valence-electron chi connectivity index (χ1n) is 6.87. The second-order valence-corrected chi connectivity index (χ2v) is 6.37. The molecule has 6 heteroatoms. The third-order valence-corrected chi connectivity index (χ3v) is 3.26. The van der Waals surface area contributed by atoms with Crippen molar-refractivity contribution in [1.82, 2.24) is 9.97 Å². The summed E-state index contributed by atoms with van der Waals surface area (Å²) in [4.78, 5) is 20.2. The van der Waals surface area contributed by atoms with Gasteiger partial charge in [0.05, 0.1) is 0 Å². The van der Waals surface area contributed by atoms with Crippen molar-refractivity contribution in [3.8, 4) is 0 Å². The van der Waals surface area contributed by atoms with Gasteiger partial charge in [0.25, 0.3) is 0 Å². The monoisotopic (exact) mass is 297 g/mol. The molecule has 1 fully saturated rings. The Morgan fingerprint density at radius 2 is 2.05 bits per heavy atom. The van der Waals surface area contributed by atoms with E-state index in [9.17, 15) is 4.79 Å². The first-order valence-corrected chi connectivity index (χ1v) is 7.25. The number of esters is 1. The third-order valence-electron chi connectivity index (χ3n) is 3.07. The first kappa shape index (κ1) is 15.0. The zero-order chi connectivity index (χ0) is 14.8. The van der Waals surface area contributed by atoms with Gasteiger partial charge in [-0.1, -0.05) is 12.8 Å². The van der Waals surface area contributed by atoms with Gasteiger partial charge >= 0.3 is 5.97 Å².